The number of aliphatic hydroxyl groups is 1. The fourth-order valence-electron chi connectivity index (χ4n) is 1.63. The summed E-state index contributed by atoms with van der Waals surface area (Å²) in [6.45, 7) is 2.05. The molecule has 1 rings (SSSR count). The van der Waals surface area contributed by atoms with Gasteiger partial charge in [-0.25, -0.2) is 0 Å². The van der Waals surface area contributed by atoms with Gasteiger partial charge in [-0.2, -0.15) is 0 Å². The van der Waals surface area contributed by atoms with Crippen LogP contribution in [0.4, 0.5) is 0 Å². The third-order valence-electron chi connectivity index (χ3n) is 2.45. The molecule has 2 atom stereocenters. The summed E-state index contributed by atoms with van der Waals surface area (Å²) in [6, 6.07) is 0. The lowest BCUT2D eigenvalue weighted by molar-refractivity contribution is 0.121. The minimum atomic E-state index is -0.107. The van der Waals surface area contributed by atoms with E-state index in [4.69, 9.17) is 0 Å². The van der Waals surface area contributed by atoms with E-state index in [9.17, 15) is 5.11 Å². The molecule has 1 aliphatic carbocycles. The van der Waals surface area contributed by atoms with Gasteiger partial charge in [0.05, 0.1) is 6.10 Å². The first-order valence-corrected chi connectivity index (χ1v) is 4.69. The summed E-state index contributed by atoms with van der Waals surface area (Å²) in [6.07, 6.45) is 10.1. The highest BCUT2D eigenvalue weighted by Gasteiger charge is 2.14. The summed E-state index contributed by atoms with van der Waals surface area (Å²) in [5, 5.41) is 9.56. The van der Waals surface area contributed by atoms with Crippen molar-refractivity contribution in [1.29, 1.82) is 0 Å². The van der Waals surface area contributed by atoms with Gasteiger partial charge in [0.1, 0.15) is 0 Å². The lowest BCUT2D eigenvalue weighted by atomic mass is 9.96. The third-order valence-corrected chi connectivity index (χ3v) is 2.45. The van der Waals surface area contributed by atoms with Gasteiger partial charge in [0.15, 0.2) is 0 Å². The van der Waals surface area contributed by atoms with E-state index in [0.29, 0.717) is 5.92 Å². The lowest BCUT2D eigenvalue weighted by Crippen LogP contribution is -2.16. The van der Waals surface area contributed by atoms with Crippen LogP contribution in [0.1, 0.15) is 39.0 Å². The van der Waals surface area contributed by atoms with Gasteiger partial charge in [-0.05, 0) is 25.7 Å². The Labute approximate surface area is 69.1 Å². The fourth-order valence-corrected chi connectivity index (χ4v) is 1.63. The average molecular weight is 154 g/mol. The topological polar surface area (TPSA) is 20.2 Å². The van der Waals surface area contributed by atoms with Crippen molar-refractivity contribution < 1.29 is 5.11 Å². The van der Waals surface area contributed by atoms with Gasteiger partial charge in [0.25, 0.3) is 0 Å². The zero-order chi connectivity index (χ0) is 8.10. The standard InChI is InChI=1S/C10H18O/c1-2-10(11)9-7-5-3-4-6-8-9/h5,7,9-11H,2-4,6,8H2,1H3/t9-,10+/m1/s1. The summed E-state index contributed by atoms with van der Waals surface area (Å²) in [5.41, 5.74) is 0. The monoisotopic (exact) mass is 154 g/mol. The molecule has 0 spiro atoms. The van der Waals surface area contributed by atoms with Crippen molar-refractivity contribution in [3.63, 3.8) is 0 Å². The molecule has 0 aromatic rings. The molecule has 0 heterocycles. The molecule has 64 valence electrons. The maximum Gasteiger partial charge on any atom is 0.0600 e. The second kappa shape index (κ2) is 4.55. The highest BCUT2D eigenvalue weighted by molar-refractivity contribution is 4.93. The molecule has 0 saturated carbocycles. The smallest absolute Gasteiger partial charge is 0.0600 e. The van der Waals surface area contributed by atoms with Crippen molar-refractivity contribution in [2.24, 2.45) is 5.92 Å². The zero-order valence-corrected chi connectivity index (χ0v) is 7.29. The Bertz CT molecular complexity index is 129. The molecule has 0 unspecified atom stereocenters. The Kier molecular flexibility index (Phi) is 3.64. The van der Waals surface area contributed by atoms with E-state index in [1.807, 2.05) is 6.92 Å². The summed E-state index contributed by atoms with van der Waals surface area (Å²) in [5.74, 6) is 0.433. The van der Waals surface area contributed by atoms with Gasteiger partial charge in [0, 0.05) is 5.92 Å². The largest absolute Gasteiger partial charge is 0.393 e. The van der Waals surface area contributed by atoms with Gasteiger partial charge in [0.2, 0.25) is 0 Å². The molecule has 0 fully saturated rings. The lowest BCUT2D eigenvalue weighted by Gasteiger charge is -2.16. The van der Waals surface area contributed by atoms with Crippen LogP contribution in [0.25, 0.3) is 0 Å². The molecule has 0 saturated heterocycles. The Morgan fingerprint density at radius 2 is 2.36 bits per heavy atom. The quantitative estimate of drug-likeness (QED) is 0.606. The minimum absolute atomic E-state index is 0.107. The predicted octanol–water partition coefficient (Wildman–Crippen LogP) is 2.50. The molecule has 0 bridgehead atoms. The van der Waals surface area contributed by atoms with Gasteiger partial charge < -0.3 is 5.11 Å². The van der Waals surface area contributed by atoms with E-state index in [-0.39, 0.29) is 6.10 Å². The van der Waals surface area contributed by atoms with Crippen LogP contribution >= 0.6 is 0 Å². The van der Waals surface area contributed by atoms with Gasteiger partial charge in [-0.3, -0.25) is 0 Å². The van der Waals surface area contributed by atoms with E-state index in [2.05, 4.69) is 12.2 Å². The fraction of sp³-hybridized carbons (Fsp3) is 0.800. The molecular formula is C10H18O. The maximum atomic E-state index is 9.56. The van der Waals surface area contributed by atoms with Crippen molar-refractivity contribution in [2.45, 2.75) is 45.1 Å². The van der Waals surface area contributed by atoms with Crippen molar-refractivity contribution in [3.05, 3.63) is 12.2 Å². The molecule has 1 nitrogen and oxygen atoms in total. The Morgan fingerprint density at radius 3 is 3.09 bits per heavy atom. The zero-order valence-electron chi connectivity index (χ0n) is 7.29. The first kappa shape index (κ1) is 8.79. The van der Waals surface area contributed by atoms with Crippen molar-refractivity contribution in [3.8, 4) is 0 Å². The molecule has 1 aliphatic rings. The molecule has 11 heavy (non-hydrogen) atoms. The van der Waals surface area contributed by atoms with Crippen LogP contribution in [-0.4, -0.2) is 11.2 Å². The highest BCUT2D eigenvalue weighted by atomic mass is 16.3. The number of aliphatic hydroxyl groups excluding tert-OH is 1. The van der Waals surface area contributed by atoms with E-state index in [1.54, 1.807) is 0 Å². The molecule has 1 N–H and O–H groups in total. The molecule has 0 aromatic carbocycles. The molecule has 1 heteroatoms. The van der Waals surface area contributed by atoms with Gasteiger partial charge >= 0.3 is 0 Å². The van der Waals surface area contributed by atoms with Crippen LogP contribution in [-0.2, 0) is 0 Å². The Hall–Kier alpha value is -0.300. The van der Waals surface area contributed by atoms with Crippen LogP contribution in [0.15, 0.2) is 12.2 Å². The maximum absolute atomic E-state index is 9.56. The average Bonchev–Trinajstić information content (AvgIpc) is 2.30. The molecule has 0 aromatic heterocycles. The SMILES string of the molecule is CC[C@H](O)[C@@H]1C=CCCCC1. The number of hydrogen-bond donors (Lipinski definition) is 1. The second-order valence-corrected chi connectivity index (χ2v) is 3.35. The Balaban J connectivity index is 2.41. The van der Waals surface area contributed by atoms with Gasteiger partial charge in [-0.1, -0.05) is 25.5 Å². The van der Waals surface area contributed by atoms with Crippen LogP contribution in [0.5, 0.6) is 0 Å². The normalized spacial score (nSPS) is 28.0. The van der Waals surface area contributed by atoms with Gasteiger partial charge in [-0.15, -0.1) is 0 Å². The number of allylic oxidation sites excluding steroid dienone is 1. The first-order chi connectivity index (χ1) is 5.34. The van der Waals surface area contributed by atoms with E-state index >= 15 is 0 Å². The second-order valence-electron chi connectivity index (χ2n) is 3.35. The predicted molar refractivity (Wildman–Crippen MR) is 47.4 cm³/mol. The van der Waals surface area contributed by atoms with Crippen LogP contribution in [0.3, 0.4) is 0 Å². The summed E-state index contributed by atoms with van der Waals surface area (Å²) >= 11 is 0. The summed E-state index contributed by atoms with van der Waals surface area (Å²) in [7, 11) is 0. The van der Waals surface area contributed by atoms with Crippen molar-refractivity contribution in [1.82, 2.24) is 0 Å². The Morgan fingerprint density at radius 1 is 1.55 bits per heavy atom. The van der Waals surface area contributed by atoms with E-state index < -0.39 is 0 Å². The third kappa shape index (κ3) is 2.66. The van der Waals surface area contributed by atoms with Crippen LogP contribution in [0, 0.1) is 5.92 Å². The van der Waals surface area contributed by atoms with E-state index in [1.165, 1.54) is 25.7 Å². The highest BCUT2D eigenvalue weighted by Crippen LogP contribution is 2.21. The number of rotatable bonds is 2. The first-order valence-electron chi connectivity index (χ1n) is 4.69. The van der Waals surface area contributed by atoms with Crippen molar-refractivity contribution >= 4 is 0 Å². The van der Waals surface area contributed by atoms with E-state index in [0.717, 1.165) is 6.42 Å². The van der Waals surface area contributed by atoms with Crippen LogP contribution < -0.4 is 0 Å². The minimum Gasteiger partial charge on any atom is -0.393 e. The number of hydrogen-bond acceptors (Lipinski definition) is 1. The summed E-state index contributed by atoms with van der Waals surface area (Å²) < 4.78 is 0. The van der Waals surface area contributed by atoms with Crippen molar-refractivity contribution in [2.75, 3.05) is 0 Å². The molecule has 0 amide bonds. The summed E-state index contributed by atoms with van der Waals surface area (Å²) in [4.78, 5) is 0. The molecular weight excluding hydrogens is 136 g/mol. The molecule has 0 aliphatic heterocycles. The molecule has 0 radical (unpaired) electrons. The van der Waals surface area contributed by atoms with Crippen LogP contribution in [0.2, 0.25) is 0 Å².